The van der Waals surface area contributed by atoms with Crippen LogP contribution < -0.4 is 0 Å². The van der Waals surface area contributed by atoms with Crippen LogP contribution in [0.4, 0.5) is 0 Å². The molecule has 1 N–H and O–H groups in total. The summed E-state index contributed by atoms with van der Waals surface area (Å²) in [6.45, 7) is 2.70. The van der Waals surface area contributed by atoms with Crippen LogP contribution in [0, 0.1) is 12.3 Å². The summed E-state index contributed by atoms with van der Waals surface area (Å²) < 4.78 is 0. The van der Waals surface area contributed by atoms with E-state index in [1.54, 1.807) is 16.2 Å². The SMILES string of the molecule is Cc1ccsc1CN(C)C(=O)C1(CO)CC1. The summed E-state index contributed by atoms with van der Waals surface area (Å²) in [5.74, 6) is 0.0859. The van der Waals surface area contributed by atoms with Gasteiger partial charge >= 0.3 is 0 Å². The van der Waals surface area contributed by atoms with Crippen molar-refractivity contribution in [1.82, 2.24) is 4.90 Å². The zero-order valence-electron chi connectivity index (χ0n) is 9.69. The van der Waals surface area contributed by atoms with Crippen LogP contribution in [0.1, 0.15) is 23.3 Å². The standard InChI is InChI=1S/C12H17NO2S/c1-9-3-6-16-10(9)7-13(2)11(15)12(8-14)4-5-12/h3,6,14H,4-5,7-8H2,1-2H3. The molecular formula is C12H17NO2S. The van der Waals surface area contributed by atoms with E-state index in [0.717, 1.165) is 12.8 Å². The quantitative estimate of drug-likeness (QED) is 0.870. The number of amides is 1. The third-order valence-electron chi connectivity index (χ3n) is 3.31. The number of carbonyl (C=O) groups is 1. The lowest BCUT2D eigenvalue weighted by Crippen LogP contribution is -2.35. The summed E-state index contributed by atoms with van der Waals surface area (Å²) in [6, 6.07) is 2.07. The van der Waals surface area contributed by atoms with Gasteiger partial charge in [0.05, 0.1) is 18.6 Å². The van der Waals surface area contributed by atoms with E-state index in [4.69, 9.17) is 0 Å². The summed E-state index contributed by atoms with van der Waals surface area (Å²) in [7, 11) is 1.82. The van der Waals surface area contributed by atoms with Gasteiger partial charge in [0.25, 0.3) is 0 Å². The molecule has 1 aliphatic carbocycles. The Labute approximate surface area is 99.7 Å². The van der Waals surface area contributed by atoms with Crippen molar-refractivity contribution in [3.8, 4) is 0 Å². The summed E-state index contributed by atoms with van der Waals surface area (Å²) in [5, 5.41) is 11.3. The maximum Gasteiger partial charge on any atom is 0.231 e. The first-order valence-electron chi connectivity index (χ1n) is 5.48. The number of hydrogen-bond acceptors (Lipinski definition) is 3. The van der Waals surface area contributed by atoms with E-state index in [0.29, 0.717) is 6.54 Å². The molecule has 2 rings (SSSR count). The molecule has 0 spiro atoms. The molecule has 0 bridgehead atoms. The second-order valence-electron chi connectivity index (χ2n) is 4.63. The molecule has 1 aliphatic rings. The Morgan fingerprint density at radius 3 is 2.75 bits per heavy atom. The molecule has 1 aromatic heterocycles. The molecule has 1 heterocycles. The Bertz CT molecular complexity index is 395. The van der Waals surface area contributed by atoms with Gasteiger partial charge in [0, 0.05) is 11.9 Å². The van der Waals surface area contributed by atoms with Gasteiger partial charge in [0.1, 0.15) is 0 Å². The minimum absolute atomic E-state index is 0.0143. The Hall–Kier alpha value is -0.870. The molecule has 88 valence electrons. The number of aliphatic hydroxyl groups is 1. The number of hydrogen-bond donors (Lipinski definition) is 1. The molecule has 0 radical (unpaired) electrons. The first kappa shape index (κ1) is 11.6. The van der Waals surface area contributed by atoms with Gasteiger partial charge in [-0.25, -0.2) is 0 Å². The van der Waals surface area contributed by atoms with Gasteiger partial charge in [-0.1, -0.05) is 0 Å². The number of aliphatic hydroxyl groups excluding tert-OH is 1. The fourth-order valence-corrected chi connectivity index (χ4v) is 2.81. The van der Waals surface area contributed by atoms with Crippen molar-refractivity contribution in [2.75, 3.05) is 13.7 Å². The summed E-state index contributed by atoms with van der Waals surface area (Å²) in [4.78, 5) is 15.0. The highest BCUT2D eigenvalue weighted by Crippen LogP contribution is 2.46. The van der Waals surface area contributed by atoms with Crippen molar-refractivity contribution < 1.29 is 9.90 Å². The van der Waals surface area contributed by atoms with E-state index in [-0.39, 0.29) is 12.5 Å². The third-order valence-corrected chi connectivity index (χ3v) is 4.31. The molecule has 4 heteroatoms. The van der Waals surface area contributed by atoms with Crippen LogP contribution in [-0.2, 0) is 11.3 Å². The number of carbonyl (C=O) groups excluding carboxylic acids is 1. The summed E-state index contributed by atoms with van der Waals surface area (Å²) >= 11 is 1.68. The largest absolute Gasteiger partial charge is 0.395 e. The van der Waals surface area contributed by atoms with E-state index in [9.17, 15) is 9.90 Å². The van der Waals surface area contributed by atoms with Crippen LogP contribution >= 0.6 is 11.3 Å². The summed E-state index contributed by atoms with van der Waals surface area (Å²) in [5.41, 5.74) is 0.790. The zero-order chi connectivity index (χ0) is 11.8. The number of thiophene rings is 1. The van der Waals surface area contributed by atoms with Crippen molar-refractivity contribution in [3.63, 3.8) is 0 Å². The van der Waals surface area contributed by atoms with E-state index in [1.807, 2.05) is 12.4 Å². The van der Waals surface area contributed by atoms with E-state index in [2.05, 4.69) is 13.0 Å². The van der Waals surface area contributed by atoms with Crippen LogP contribution in [-0.4, -0.2) is 29.6 Å². The minimum Gasteiger partial charge on any atom is -0.395 e. The monoisotopic (exact) mass is 239 g/mol. The first-order chi connectivity index (χ1) is 7.59. The van der Waals surface area contributed by atoms with Crippen molar-refractivity contribution >= 4 is 17.2 Å². The number of nitrogens with zero attached hydrogens (tertiary/aromatic N) is 1. The predicted octanol–water partition coefficient (Wildman–Crippen LogP) is 1.79. The van der Waals surface area contributed by atoms with Crippen LogP contribution in [0.3, 0.4) is 0 Å². The van der Waals surface area contributed by atoms with Crippen molar-refractivity contribution in [2.24, 2.45) is 5.41 Å². The molecule has 1 amide bonds. The molecule has 1 fully saturated rings. The van der Waals surface area contributed by atoms with Crippen LogP contribution in [0.25, 0.3) is 0 Å². The average molecular weight is 239 g/mol. The molecule has 0 atom stereocenters. The van der Waals surface area contributed by atoms with Gasteiger partial charge in [0.15, 0.2) is 0 Å². The average Bonchev–Trinajstić information content (AvgIpc) is 2.99. The zero-order valence-corrected chi connectivity index (χ0v) is 10.5. The predicted molar refractivity (Wildman–Crippen MR) is 64.3 cm³/mol. The number of rotatable bonds is 4. The Morgan fingerprint density at radius 2 is 2.31 bits per heavy atom. The fraction of sp³-hybridized carbons (Fsp3) is 0.583. The van der Waals surface area contributed by atoms with E-state index >= 15 is 0 Å². The molecule has 3 nitrogen and oxygen atoms in total. The maximum atomic E-state index is 12.1. The summed E-state index contributed by atoms with van der Waals surface area (Å²) in [6.07, 6.45) is 1.66. The maximum absolute atomic E-state index is 12.1. The topological polar surface area (TPSA) is 40.5 Å². The van der Waals surface area contributed by atoms with Crippen LogP contribution in [0.5, 0.6) is 0 Å². The fourth-order valence-electron chi connectivity index (χ4n) is 1.85. The van der Waals surface area contributed by atoms with Crippen molar-refractivity contribution in [1.29, 1.82) is 0 Å². The molecule has 0 aromatic carbocycles. The van der Waals surface area contributed by atoms with Gasteiger partial charge in [-0.05, 0) is 36.8 Å². The third kappa shape index (κ3) is 1.99. The van der Waals surface area contributed by atoms with Gasteiger partial charge < -0.3 is 10.0 Å². The van der Waals surface area contributed by atoms with Gasteiger partial charge in [-0.2, -0.15) is 0 Å². The number of aryl methyl sites for hydroxylation is 1. The highest BCUT2D eigenvalue weighted by molar-refractivity contribution is 7.10. The second-order valence-corrected chi connectivity index (χ2v) is 5.63. The molecule has 0 aliphatic heterocycles. The first-order valence-corrected chi connectivity index (χ1v) is 6.36. The minimum atomic E-state index is -0.445. The molecular weight excluding hydrogens is 222 g/mol. The highest BCUT2D eigenvalue weighted by Gasteiger charge is 2.50. The molecule has 1 saturated carbocycles. The molecule has 16 heavy (non-hydrogen) atoms. The van der Waals surface area contributed by atoms with Gasteiger partial charge in [-0.3, -0.25) is 4.79 Å². The van der Waals surface area contributed by atoms with Gasteiger partial charge in [-0.15, -0.1) is 11.3 Å². The van der Waals surface area contributed by atoms with E-state index < -0.39 is 5.41 Å². The normalized spacial score (nSPS) is 17.2. The molecule has 0 unspecified atom stereocenters. The Kier molecular flexibility index (Phi) is 3.04. The van der Waals surface area contributed by atoms with Crippen molar-refractivity contribution in [2.45, 2.75) is 26.3 Å². The van der Waals surface area contributed by atoms with Crippen LogP contribution in [0.15, 0.2) is 11.4 Å². The van der Waals surface area contributed by atoms with Crippen molar-refractivity contribution in [3.05, 3.63) is 21.9 Å². The van der Waals surface area contributed by atoms with Gasteiger partial charge in [0.2, 0.25) is 5.91 Å². The Morgan fingerprint density at radius 1 is 1.62 bits per heavy atom. The van der Waals surface area contributed by atoms with Crippen LogP contribution in [0.2, 0.25) is 0 Å². The smallest absolute Gasteiger partial charge is 0.231 e. The lowest BCUT2D eigenvalue weighted by molar-refractivity contribution is -0.137. The molecule has 0 saturated heterocycles. The highest BCUT2D eigenvalue weighted by atomic mass is 32.1. The van der Waals surface area contributed by atoms with E-state index in [1.165, 1.54) is 10.4 Å². The lowest BCUT2D eigenvalue weighted by Gasteiger charge is -2.21. The molecule has 1 aromatic rings. The second kappa shape index (κ2) is 4.18. The Balaban J connectivity index is 2.01. The lowest BCUT2D eigenvalue weighted by atomic mass is 10.1.